The third kappa shape index (κ3) is 1.91. The van der Waals surface area contributed by atoms with E-state index < -0.39 is 0 Å². The van der Waals surface area contributed by atoms with Crippen molar-refractivity contribution in [3.05, 3.63) is 67.8 Å². The highest BCUT2D eigenvalue weighted by molar-refractivity contribution is 6.14. The van der Waals surface area contributed by atoms with Gasteiger partial charge >= 0.3 is 0 Å². The van der Waals surface area contributed by atoms with Crippen LogP contribution in [0.1, 0.15) is 58.4 Å². The Morgan fingerprint density at radius 1 is 0.538 bits per heavy atom. The zero-order chi connectivity index (χ0) is 18.3. The van der Waals surface area contributed by atoms with Crippen molar-refractivity contribution in [1.29, 1.82) is 0 Å². The summed E-state index contributed by atoms with van der Waals surface area (Å²) in [6.07, 6.45) is 6.99. The number of rotatable bonds is 0. The Balaban J connectivity index is 2.00. The molecule has 0 aliphatic heterocycles. The monoisotopic (exact) mass is 338 g/mol. The van der Waals surface area contributed by atoms with Gasteiger partial charge in [-0.25, -0.2) is 0 Å². The molecule has 2 aliphatic carbocycles. The van der Waals surface area contributed by atoms with Crippen LogP contribution in [0.3, 0.4) is 0 Å². The van der Waals surface area contributed by atoms with E-state index in [0.717, 1.165) is 12.8 Å². The Labute approximate surface area is 156 Å². The van der Waals surface area contributed by atoms with Gasteiger partial charge in [0, 0.05) is 0 Å². The van der Waals surface area contributed by atoms with Crippen molar-refractivity contribution < 1.29 is 0 Å². The van der Waals surface area contributed by atoms with Crippen LogP contribution >= 0.6 is 0 Å². The van der Waals surface area contributed by atoms with Crippen molar-refractivity contribution in [2.75, 3.05) is 0 Å². The van der Waals surface area contributed by atoms with E-state index in [1.807, 2.05) is 0 Å². The van der Waals surface area contributed by atoms with Crippen LogP contribution in [0, 0.1) is 27.7 Å². The van der Waals surface area contributed by atoms with Gasteiger partial charge in [-0.05, 0) is 133 Å². The van der Waals surface area contributed by atoms with E-state index in [-0.39, 0.29) is 0 Å². The molecule has 26 heavy (non-hydrogen) atoms. The van der Waals surface area contributed by atoms with E-state index in [1.54, 1.807) is 0 Å². The maximum atomic E-state index is 2.49. The molecule has 3 aromatic rings. The van der Waals surface area contributed by atoms with Crippen LogP contribution in [-0.4, -0.2) is 0 Å². The summed E-state index contributed by atoms with van der Waals surface area (Å²) in [5.74, 6) is 0. The smallest absolute Gasteiger partial charge is 0.00603 e. The van der Waals surface area contributed by atoms with Crippen LogP contribution in [0.25, 0.3) is 33.7 Å². The first-order chi connectivity index (χ1) is 12.4. The average molecular weight is 338 g/mol. The van der Waals surface area contributed by atoms with Gasteiger partial charge in [0.15, 0.2) is 0 Å². The molecule has 0 saturated heterocycles. The lowest BCUT2D eigenvalue weighted by Crippen LogP contribution is -1.98. The molecule has 0 fully saturated rings. The number of hydrogen-bond acceptors (Lipinski definition) is 0. The van der Waals surface area contributed by atoms with Gasteiger partial charge in [-0.2, -0.15) is 0 Å². The summed E-state index contributed by atoms with van der Waals surface area (Å²) in [5.41, 5.74) is 14.7. The average Bonchev–Trinajstić information content (AvgIpc) is 3.14. The first kappa shape index (κ1) is 15.9. The molecule has 0 heterocycles. The fourth-order valence-corrected chi connectivity index (χ4v) is 5.46. The molecule has 0 atom stereocenters. The summed E-state index contributed by atoms with van der Waals surface area (Å²) in [6.45, 7) is 13.8. The molecule has 130 valence electrons. The zero-order valence-electron chi connectivity index (χ0n) is 16.7. The second-order valence-electron chi connectivity index (χ2n) is 8.58. The molecule has 0 bridgehead atoms. The minimum absolute atomic E-state index is 1.10. The minimum atomic E-state index is 1.10. The molecular weight excluding hydrogens is 312 g/mol. The van der Waals surface area contributed by atoms with E-state index in [9.17, 15) is 0 Å². The topological polar surface area (TPSA) is 0 Å². The molecule has 0 nitrogen and oxygen atoms in total. The normalized spacial score (nSPS) is 15.5. The third-order valence-corrected chi connectivity index (χ3v) is 6.75. The lowest BCUT2D eigenvalue weighted by molar-refractivity contribution is 1.19. The van der Waals surface area contributed by atoms with Gasteiger partial charge in [0.05, 0.1) is 0 Å². The molecule has 0 spiro atoms. The fraction of sp³-hybridized carbons (Fsp3) is 0.308. The van der Waals surface area contributed by atoms with Gasteiger partial charge in [0.2, 0.25) is 0 Å². The first-order valence-electron chi connectivity index (χ1n) is 9.72. The summed E-state index contributed by atoms with van der Waals surface area (Å²) in [4.78, 5) is 0. The molecule has 0 amide bonds. The number of allylic oxidation sites excluding steroid dienone is 2. The van der Waals surface area contributed by atoms with Crippen molar-refractivity contribution in [1.82, 2.24) is 0 Å². The van der Waals surface area contributed by atoms with E-state index >= 15 is 0 Å². The highest BCUT2D eigenvalue weighted by atomic mass is 14.3. The molecule has 0 aromatic heterocycles. The van der Waals surface area contributed by atoms with Gasteiger partial charge < -0.3 is 0 Å². The van der Waals surface area contributed by atoms with Crippen molar-refractivity contribution in [2.24, 2.45) is 0 Å². The van der Waals surface area contributed by atoms with E-state index in [1.165, 1.54) is 77.2 Å². The number of aryl methyl sites for hydroxylation is 4. The molecule has 5 rings (SSSR count). The Morgan fingerprint density at radius 2 is 0.923 bits per heavy atom. The van der Waals surface area contributed by atoms with Crippen LogP contribution in [-0.2, 0) is 12.8 Å². The highest BCUT2D eigenvalue weighted by Gasteiger charge is 2.22. The maximum absolute atomic E-state index is 2.49. The fourth-order valence-electron chi connectivity index (χ4n) is 5.46. The Bertz CT molecular complexity index is 1120. The highest BCUT2D eigenvalue weighted by Crippen LogP contribution is 2.43. The van der Waals surface area contributed by atoms with E-state index in [2.05, 4.69) is 65.8 Å². The van der Waals surface area contributed by atoms with Crippen LogP contribution < -0.4 is 0 Å². The van der Waals surface area contributed by atoms with Gasteiger partial charge in [-0.1, -0.05) is 23.3 Å². The summed E-state index contributed by atoms with van der Waals surface area (Å²) < 4.78 is 0. The second kappa shape index (κ2) is 5.10. The van der Waals surface area contributed by atoms with Gasteiger partial charge in [0.25, 0.3) is 0 Å². The van der Waals surface area contributed by atoms with Crippen molar-refractivity contribution in [2.45, 2.75) is 54.4 Å². The van der Waals surface area contributed by atoms with Gasteiger partial charge in [-0.3, -0.25) is 0 Å². The number of benzene rings is 3. The van der Waals surface area contributed by atoms with Crippen molar-refractivity contribution >= 4 is 33.7 Å². The first-order valence-corrected chi connectivity index (χ1v) is 9.72. The molecular formula is C26H26. The van der Waals surface area contributed by atoms with Gasteiger partial charge in [-0.15, -0.1) is 0 Å². The number of hydrogen-bond donors (Lipinski definition) is 0. The van der Waals surface area contributed by atoms with E-state index in [4.69, 9.17) is 0 Å². The number of fused-ring (bicyclic) bond motifs is 5. The predicted molar refractivity (Wildman–Crippen MR) is 115 cm³/mol. The standard InChI is InChI=1S/C26H26/c1-13-7-19-11-23-24-12-20-8-14(2)10-22(20)18(6)26(24)16(4)15(3)25(23)17(5)21(19)9-13/h9-12H,7-8H2,1-6H3. The van der Waals surface area contributed by atoms with Gasteiger partial charge in [0.1, 0.15) is 0 Å². The molecule has 3 aromatic carbocycles. The molecule has 0 radical (unpaired) electrons. The predicted octanol–water partition coefficient (Wildman–Crippen LogP) is 7.15. The molecule has 0 saturated carbocycles. The summed E-state index contributed by atoms with van der Waals surface area (Å²) >= 11 is 0. The van der Waals surface area contributed by atoms with Crippen LogP contribution in [0.2, 0.25) is 0 Å². The van der Waals surface area contributed by atoms with E-state index in [0.29, 0.717) is 0 Å². The van der Waals surface area contributed by atoms with Crippen LogP contribution in [0.15, 0.2) is 23.3 Å². The van der Waals surface area contributed by atoms with Crippen LogP contribution in [0.4, 0.5) is 0 Å². The largest absolute Gasteiger partial charge is 0.0683 e. The molecule has 0 N–H and O–H groups in total. The second-order valence-corrected chi connectivity index (χ2v) is 8.58. The summed E-state index contributed by atoms with van der Waals surface area (Å²) in [6, 6.07) is 4.97. The SMILES string of the molecule is CC1=Cc2c(cc3c(c2C)c(C)c(C)c2c(C)c4c(cc23)CC(C)=C4)C1. The Morgan fingerprint density at radius 3 is 1.31 bits per heavy atom. The quantitative estimate of drug-likeness (QED) is 0.382. The molecule has 0 heteroatoms. The minimum Gasteiger partial charge on any atom is -0.0683 e. The Kier molecular flexibility index (Phi) is 3.11. The summed E-state index contributed by atoms with van der Waals surface area (Å²) in [5, 5.41) is 5.86. The lowest BCUT2D eigenvalue weighted by Gasteiger charge is -2.20. The maximum Gasteiger partial charge on any atom is -0.00603 e. The Hall–Kier alpha value is -2.34. The van der Waals surface area contributed by atoms with Crippen molar-refractivity contribution in [3.8, 4) is 0 Å². The molecule has 2 aliphatic rings. The molecule has 0 unspecified atom stereocenters. The van der Waals surface area contributed by atoms with Crippen LogP contribution in [0.5, 0.6) is 0 Å². The van der Waals surface area contributed by atoms with Crippen molar-refractivity contribution in [3.63, 3.8) is 0 Å². The summed E-state index contributed by atoms with van der Waals surface area (Å²) in [7, 11) is 0. The third-order valence-electron chi connectivity index (χ3n) is 6.75. The lowest BCUT2D eigenvalue weighted by atomic mass is 9.84. The zero-order valence-corrected chi connectivity index (χ0v) is 16.7.